The Bertz CT molecular complexity index is 1240. The lowest BCUT2D eigenvalue weighted by atomic mass is 10.1. The van der Waals surface area contributed by atoms with E-state index < -0.39 is 0 Å². The van der Waals surface area contributed by atoms with E-state index in [0.29, 0.717) is 35.7 Å². The van der Waals surface area contributed by atoms with Crippen LogP contribution in [0.5, 0.6) is 0 Å². The van der Waals surface area contributed by atoms with E-state index in [0.717, 1.165) is 17.5 Å². The third-order valence-electron chi connectivity index (χ3n) is 5.03. The lowest BCUT2D eigenvalue weighted by Crippen LogP contribution is -2.26. The Morgan fingerprint density at radius 1 is 1.10 bits per heavy atom. The standard InChI is InChI=1S/C23H24N4O2/c1-16(2)10-12-25-22(28)18-7-3-6-17(14-18)15-27-21-19(8-4-11-24-21)26-13-5-9-20(26)23(27)29/h3-9,11,13-14,16H,10,12,15H2,1-2H3,(H,25,28). The minimum absolute atomic E-state index is 0.0927. The molecule has 0 aliphatic heterocycles. The summed E-state index contributed by atoms with van der Waals surface area (Å²) in [5, 5.41) is 2.96. The number of aromatic nitrogens is 3. The molecule has 4 rings (SSSR count). The van der Waals surface area contributed by atoms with Crippen molar-refractivity contribution >= 4 is 22.6 Å². The lowest BCUT2D eigenvalue weighted by Gasteiger charge is -2.13. The van der Waals surface area contributed by atoms with Gasteiger partial charge in [-0.15, -0.1) is 0 Å². The van der Waals surface area contributed by atoms with Crippen molar-refractivity contribution in [2.75, 3.05) is 6.54 Å². The monoisotopic (exact) mass is 388 g/mol. The zero-order valence-corrected chi connectivity index (χ0v) is 16.6. The molecule has 3 aromatic heterocycles. The number of rotatable bonds is 6. The maximum atomic E-state index is 13.1. The largest absolute Gasteiger partial charge is 0.352 e. The van der Waals surface area contributed by atoms with E-state index in [1.165, 1.54) is 0 Å². The van der Waals surface area contributed by atoms with Crippen LogP contribution in [0.15, 0.2) is 65.7 Å². The van der Waals surface area contributed by atoms with Gasteiger partial charge in [-0.1, -0.05) is 26.0 Å². The Hall–Kier alpha value is -3.41. The molecular weight excluding hydrogens is 364 g/mol. The summed E-state index contributed by atoms with van der Waals surface area (Å²) in [6.07, 6.45) is 4.50. The third kappa shape index (κ3) is 3.78. The second kappa shape index (κ2) is 7.91. The van der Waals surface area contributed by atoms with Gasteiger partial charge in [0, 0.05) is 24.5 Å². The van der Waals surface area contributed by atoms with Crippen LogP contribution in [0, 0.1) is 5.92 Å². The first-order chi connectivity index (χ1) is 14.0. The third-order valence-corrected chi connectivity index (χ3v) is 5.03. The van der Waals surface area contributed by atoms with Crippen LogP contribution in [0.1, 0.15) is 36.2 Å². The van der Waals surface area contributed by atoms with Crippen molar-refractivity contribution in [2.24, 2.45) is 5.92 Å². The molecular formula is C23H24N4O2. The Labute approximate surface area is 168 Å². The molecule has 0 spiro atoms. The normalized spacial score (nSPS) is 11.4. The summed E-state index contributed by atoms with van der Waals surface area (Å²) in [5.74, 6) is 0.447. The molecule has 0 fully saturated rings. The minimum Gasteiger partial charge on any atom is -0.352 e. The number of fused-ring (bicyclic) bond motifs is 3. The van der Waals surface area contributed by atoms with Gasteiger partial charge in [-0.25, -0.2) is 4.98 Å². The zero-order chi connectivity index (χ0) is 20.4. The molecule has 6 heteroatoms. The van der Waals surface area contributed by atoms with E-state index >= 15 is 0 Å². The number of nitrogens with zero attached hydrogens (tertiary/aromatic N) is 3. The van der Waals surface area contributed by atoms with E-state index in [1.54, 1.807) is 16.8 Å². The van der Waals surface area contributed by atoms with E-state index in [9.17, 15) is 9.59 Å². The van der Waals surface area contributed by atoms with Crippen molar-refractivity contribution in [2.45, 2.75) is 26.8 Å². The molecule has 1 N–H and O–H groups in total. The lowest BCUT2D eigenvalue weighted by molar-refractivity contribution is 0.0952. The molecule has 0 atom stereocenters. The Morgan fingerprint density at radius 3 is 2.76 bits per heavy atom. The fourth-order valence-electron chi connectivity index (χ4n) is 3.50. The highest BCUT2D eigenvalue weighted by atomic mass is 16.1. The second-order valence-corrected chi connectivity index (χ2v) is 7.64. The predicted molar refractivity (Wildman–Crippen MR) is 114 cm³/mol. The van der Waals surface area contributed by atoms with Crippen molar-refractivity contribution in [3.05, 3.63) is 82.4 Å². The van der Waals surface area contributed by atoms with Gasteiger partial charge >= 0.3 is 0 Å². The predicted octanol–water partition coefficient (Wildman–Crippen LogP) is 3.47. The van der Waals surface area contributed by atoms with Gasteiger partial charge in [0.2, 0.25) is 0 Å². The van der Waals surface area contributed by atoms with Gasteiger partial charge < -0.3 is 9.72 Å². The maximum Gasteiger partial charge on any atom is 0.276 e. The highest BCUT2D eigenvalue weighted by molar-refractivity contribution is 5.94. The van der Waals surface area contributed by atoms with E-state index in [4.69, 9.17) is 0 Å². The van der Waals surface area contributed by atoms with Gasteiger partial charge in [0.25, 0.3) is 11.5 Å². The molecule has 1 amide bonds. The zero-order valence-electron chi connectivity index (χ0n) is 16.6. The van der Waals surface area contributed by atoms with Crippen LogP contribution >= 0.6 is 0 Å². The van der Waals surface area contributed by atoms with Crippen LogP contribution in [0.2, 0.25) is 0 Å². The van der Waals surface area contributed by atoms with Crippen molar-refractivity contribution < 1.29 is 4.79 Å². The number of hydrogen-bond donors (Lipinski definition) is 1. The first kappa shape index (κ1) is 18.9. The van der Waals surface area contributed by atoms with Gasteiger partial charge in [-0.05, 0) is 54.3 Å². The first-order valence-electron chi connectivity index (χ1n) is 9.86. The summed E-state index contributed by atoms with van der Waals surface area (Å²) in [5.41, 5.74) is 3.47. The van der Waals surface area contributed by atoms with Crippen LogP contribution in [0.25, 0.3) is 16.7 Å². The number of nitrogens with one attached hydrogen (secondary N) is 1. The minimum atomic E-state index is -0.104. The number of benzene rings is 1. The molecule has 148 valence electrons. The Morgan fingerprint density at radius 2 is 1.93 bits per heavy atom. The summed E-state index contributed by atoms with van der Waals surface area (Å²) in [6.45, 7) is 5.26. The number of hydrogen-bond acceptors (Lipinski definition) is 3. The van der Waals surface area contributed by atoms with Crippen molar-refractivity contribution in [1.29, 1.82) is 0 Å². The molecule has 3 heterocycles. The number of carbonyl (C=O) groups is 1. The van der Waals surface area contributed by atoms with Crippen LogP contribution < -0.4 is 10.9 Å². The quantitative estimate of drug-likeness (QED) is 0.550. The van der Waals surface area contributed by atoms with Gasteiger partial charge in [0.1, 0.15) is 5.52 Å². The molecule has 0 saturated carbocycles. The molecule has 0 aliphatic carbocycles. The average Bonchev–Trinajstić information content (AvgIpc) is 3.21. The molecule has 0 radical (unpaired) electrons. The SMILES string of the molecule is CC(C)CCNC(=O)c1cccc(Cn2c(=O)c3cccn3c3cccnc32)c1. The molecule has 0 saturated heterocycles. The van der Waals surface area contributed by atoms with Gasteiger partial charge in [0.05, 0.1) is 12.1 Å². The van der Waals surface area contributed by atoms with Crippen molar-refractivity contribution in [1.82, 2.24) is 19.3 Å². The van der Waals surface area contributed by atoms with Crippen molar-refractivity contribution in [3.8, 4) is 0 Å². The number of carbonyl (C=O) groups excluding carboxylic acids is 1. The molecule has 29 heavy (non-hydrogen) atoms. The van der Waals surface area contributed by atoms with Crippen LogP contribution in [0.3, 0.4) is 0 Å². The van der Waals surface area contributed by atoms with Crippen LogP contribution in [0.4, 0.5) is 0 Å². The number of pyridine rings is 1. The Kier molecular flexibility index (Phi) is 5.16. The fraction of sp³-hybridized carbons (Fsp3) is 0.261. The molecule has 1 aromatic carbocycles. The summed E-state index contributed by atoms with van der Waals surface area (Å²) >= 11 is 0. The van der Waals surface area contributed by atoms with Crippen molar-refractivity contribution in [3.63, 3.8) is 0 Å². The van der Waals surface area contributed by atoms with E-state index in [2.05, 4.69) is 24.1 Å². The fourth-order valence-corrected chi connectivity index (χ4v) is 3.50. The smallest absolute Gasteiger partial charge is 0.276 e. The average molecular weight is 388 g/mol. The highest BCUT2D eigenvalue weighted by Gasteiger charge is 2.13. The summed E-state index contributed by atoms with van der Waals surface area (Å²) < 4.78 is 3.53. The summed E-state index contributed by atoms with van der Waals surface area (Å²) in [4.78, 5) is 30.0. The highest BCUT2D eigenvalue weighted by Crippen LogP contribution is 2.15. The second-order valence-electron chi connectivity index (χ2n) is 7.64. The topological polar surface area (TPSA) is 68.4 Å². The summed E-state index contributed by atoms with van der Waals surface area (Å²) in [6, 6.07) is 14.9. The molecule has 0 bridgehead atoms. The van der Waals surface area contributed by atoms with E-state index in [1.807, 2.05) is 53.1 Å². The van der Waals surface area contributed by atoms with Crippen LogP contribution in [-0.2, 0) is 6.54 Å². The van der Waals surface area contributed by atoms with Crippen LogP contribution in [-0.4, -0.2) is 26.4 Å². The molecule has 6 nitrogen and oxygen atoms in total. The van der Waals surface area contributed by atoms with E-state index in [-0.39, 0.29) is 11.5 Å². The van der Waals surface area contributed by atoms with Gasteiger partial charge in [-0.2, -0.15) is 0 Å². The summed E-state index contributed by atoms with van der Waals surface area (Å²) in [7, 11) is 0. The Balaban J connectivity index is 1.68. The number of amides is 1. The molecule has 0 aliphatic rings. The molecule has 0 unspecified atom stereocenters. The van der Waals surface area contributed by atoms with Gasteiger partial charge in [-0.3, -0.25) is 14.2 Å². The first-order valence-corrected chi connectivity index (χ1v) is 9.86. The molecule has 4 aromatic rings. The maximum absolute atomic E-state index is 13.1. The van der Waals surface area contributed by atoms with Gasteiger partial charge in [0.15, 0.2) is 5.65 Å².